The molecule has 0 aromatic carbocycles. The first-order valence-corrected chi connectivity index (χ1v) is 5.46. The molecule has 13 heavy (non-hydrogen) atoms. The molecule has 0 aliphatic heterocycles. The summed E-state index contributed by atoms with van der Waals surface area (Å²) in [4.78, 5) is 0. The molecule has 0 unspecified atom stereocenters. The highest BCUT2D eigenvalue weighted by atomic mass is 16.3. The van der Waals surface area contributed by atoms with Crippen LogP contribution in [0.3, 0.4) is 0 Å². The van der Waals surface area contributed by atoms with Crippen molar-refractivity contribution in [1.82, 2.24) is 0 Å². The number of aliphatic hydroxyl groups excluding tert-OH is 1. The summed E-state index contributed by atoms with van der Waals surface area (Å²) in [7, 11) is 0. The second-order valence-corrected chi connectivity index (χ2v) is 3.85. The van der Waals surface area contributed by atoms with Crippen molar-refractivity contribution in [3.63, 3.8) is 0 Å². The van der Waals surface area contributed by atoms with E-state index in [0.29, 0.717) is 11.8 Å². The standard InChI is InChI=1S/C12H24O/c1-5-8-9-10(4)12(13)11(6-2)7-3/h5,8,10-13H,6-7,9H2,1-4H3/b8-5+/t10-,12-/m1/s1. The van der Waals surface area contributed by atoms with Gasteiger partial charge in [-0.2, -0.15) is 0 Å². The third-order valence-corrected chi connectivity index (χ3v) is 2.86. The number of rotatable bonds is 6. The molecule has 0 rings (SSSR count). The van der Waals surface area contributed by atoms with E-state index in [4.69, 9.17) is 0 Å². The number of aliphatic hydroxyl groups is 1. The SMILES string of the molecule is C/C=C/C[C@@H](C)[C@@H](O)C(CC)CC. The number of hydrogen-bond acceptors (Lipinski definition) is 1. The summed E-state index contributed by atoms with van der Waals surface area (Å²) in [5.74, 6) is 0.862. The van der Waals surface area contributed by atoms with Crippen LogP contribution in [-0.4, -0.2) is 11.2 Å². The van der Waals surface area contributed by atoms with Crippen LogP contribution in [0.1, 0.15) is 47.0 Å². The van der Waals surface area contributed by atoms with E-state index in [9.17, 15) is 5.11 Å². The van der Waals surface area contributed by atoms with Crippen LogP contribution < -0.4 is 0 Å². The Morgan fingerprint density at radius 2 is 1.77 bits per heavy atom. The van der Waals surface area contributed by atoms with Crippen LogP contribution in [0, 0.1) is 11.8 Å². The lowest BCUT2D eigenvalue weighted by molar-refractivity contribution is 0.0546. The van der Waals surface area contributed by atoms with Crippen LogP contribution in [0.4, 0.5) is 0 Å². The first kappa shape index (κ1) is 12.7. The van der Waals surface area contributed by atoms with E-state index >= 15 is 0 Å². The Kier molecular flexibility index (Phi) is 6.97. The Morgan fingerprint density at radius 3 is 2.15 bits per heavy atom. The van der Waals surface area contributed by atoms with Crippen molar-refractivity contribution in [2.24, 2.45) is 11.8 Å². The molecule has 0 spiro atoms. The maximum atomic E-state index is 9.97. The minimum Gasteiger partial charge on any atom is -0.393 e. The normalized spacial score (nSPS) is 16.8. The van der Waals surface area contributed by atoms with Gasteiger partial charge >= 0.3 is 0 Å². The predicted molar refractivity (Wildman–Crippen MR) is 58.7 cm³/mol. The molecule has 0 radical (unpaired) electrons. The fourth-order valence-electron chi connectivity index (χ4n) is 1.73. The maximum absolute atomic E-state index is 9.97. The van der Waals surface area contributed by atoms with E-state index in [0.717, 1.165) is 19.3 Å². The first-order valence-electron chi connectivity index (χ1n) is 5.46. The molecule has 0 aromatic rings. The molecular weight excluding hydrogens is 160 g/mol. The van der Waals surface area contributed by atoms with Gasteiger partial charge in [0, 0.05) is 0 Å². The molecule has 0 saturated carbocycles. The summed E-state index contributed by atoms with van der Waals surface area (Å²) in [6, 6.07) is 0. The van der Waals surface area contributed by atoms with Gasteiger partial charge in [0.25, 0.3) is 0 Å². The molecule has 0 aliphatic carbocycles. The topological polar surface area (TPSA) is 20.2 Å². The second-order valence-electron chi connectivity index (χ2n) is 3.85. The fourth-order valence-corrected chi connectivity index (χ4v) is 1.73. The zero-order valence-electron chi connectivity index (χ0n) is 9.46. The average Bonchev–Trinajstić information content (AvgIpc) is 2.15. The van der Waals surface area contributed by atoms with Crippen molar-refractivity contribution >= 4 is 0 Å². The van der Waals surface area contributed by atoms with Crippen molar-refractivity contribution in [3.05, 3.63) is 12.2 Å². The van der Waals surface area contributed by atoms with Crippen molar-refractivity contribution in [2.75, 3.05) is 0 Å². The van der Waals surface area contributed by atoms with Gasteiger partial charge in [-0.1, -0.05) is 45.8 Å². The quantitative estimate of drug-likeness (QED) is 0.627. The molecule has 2 atom stereocenters. The van der Waals surface area contributed by atoms with Gasteiger partial charge in [-0.3, -0.25) is 0 Å². The van der Waals surface area contributed by atoms with Gasteiger partial charge in [-0.25, -0.2) is 0 Å². The Morgan fingerprint density at radius 1 is 1.23 bits per heavy atom. The van der Waals surface area contributed by atoms with Crippen LogP contribution in [0.2, 0.25) is 0 Å². The Balaban J connectivity index is 3.97. The minimum absolute atomic E-state index is 0.133. The van der Waals surface area contributed by atoms with Crippen LogP contribution in [-0.2, 0) is 0 Å². The second kappa shape index (κ2) is 7.14. The number of hydrogen-bond donors (Lipinski definition) is 1. The average molecular weight is 184 g/mol. The van der Waals surface area contributed by atoms with Gasteiger partial charge in [-0.05, 0) is 25.2 Å². The van der Waals surface area contributed by atoms with E-state index in [1.807, 2.05) is 6.92 Å². The van der Waals surface area contributed by atoms with Crippen LogP contribution in [0.5, 0.6) is 0 Å². The minimum atomic E-state index is -0.133. The van der Waals surface area contributed by atoms with E-state index in [2.05, 4.69) is 32.9 Å². The molecule has 0 saturated heterocycles. The zero-order valence-corrected chi connectivity index (χ0v) is 9.46. The highest BCUT2D eigenvalue weighted by Crippen LogP contribution is 2.21. The molecule has 1 N–H and O–H groups in total. The van der Waals surface area contributed by atoms with Gasteiger partial charge in [0.1, 0.15) is 0 Å². The van der Waals surface area contributed by atoms with Crippen molar-refractivity contribution in [2.45, 2.75) is 53.1 Å². The van der Waals surface area contributed by atoms with Gasteiger partial charge in [0.05, 0.1) is 6.10 Å². The molecule has 0 aliphatic rings. The molecule has 0 amide bonds. The molecule has 0 fully saturated rings. The van der Waals surface area contributed by atoms with Gasteiger partial charge in [0.2, 0.25) is 0 Å². The van der Waals surface area contributed by atoms with Gasteiger partial charge in [-0.15, -0.1) is 0 Å². The van der Waals surface area contributed by atoms with Gasteiger partial charge in [0.15, 0.2) is 0 Å². The molecule has 0 bridgehead atoms. The lowest BCUT2D eigenvalue weighted by Crippen LogP contribution is -2.26. The molecule has 78 valence electrons. The van der Waals surface area contributed by atoms with Crippen molar-refractivity contribution < 1.29 is 5.11 Å². The molecule has 0 aromatic heterocycles. The van der Waals surface area contributed by atoms with Crippen LogP contribution in [0.25, 0.3) is 0 Å². The van der Waals surface area contributed by atoms with Crippen molar-refractivity contribution in [3.8, 4) is 0 Å². The molecule has 1 heteroatoms. The Hall–Kier alpha value is -0.300. The fraction of sp³-hybridized carbons (Fsp3) is 0.833. The monoisotopic (exact) mass is 184 g/mol. The highest BCUT2D eigenvalue weighted by Gasteiger charge is 2.20. The first-order chi connectivity index (χ1) is 6.17. The third kappa shape index (κ3) is 4.47. The van der Waals surface area contributed by atoms with Crippen molar-refractivity contribution in [1.29, 1.82) is 0 Å². The third-order valence-electron chi connectivity index (χ3n) is 2.86. The highest BCUT2D eigenvalue weighted by molar-refractivity contribution is 4.83. The Labute approximate surface area is 82.9 Å². The van der Waals surface area contributed by atoms with E-state index in [-0.39, 0.29) is 6.10 Å². The summed E-state index contributed by atoms with van der Waals surface area (Å²) < 4.78 is 0. The molecule has 0 heterocycles. The predicted octanol–water partition coefficient (Wildman–Crippen LogP) is 3.39. The van der Waals surface area contributed by atoms with E-state index < -0.39 is 0 Å². The zero-order chi connectivity index (χ0) is 10.3. The summed E-state index contributed by atoms with van der Waals surface area (Å²) in [5, 5.41) is 9.97. The Bertz CT molecular complexity index is 136. The summed E-state index contributed by atoms with van der Waals surface area (Å²) in [6.45, 7) is 8.46. The van der Waals surface area contributed by atoms with E-state index in [1.165, 1.54) is 0 Å². The van der Waals surface area contributed by atoms with E-state index in [1.54, 1.807) is 0 Å². The maximum Gasteiger partial charge on any atom is 0.0596 e. The molecule has 1 nitrogen and oxygen atoms in total. The lowest BCUT2D eigenvalue weighted by atomic mass is 9.86. The number of allylic oxidation sites excluding steroid dienone is 2. The van der Waals surface area contributed by atoms with Gasteiger partial charge < -0.3 is 5.11 Å². The summed E-state index contributed by atoms with van der Waals surface area (Å²) in [5.41, 5.74) is 0. The summed E-state index contributed by atoms with van der Waals surface area (Å²) >= 11 is 0. The molecular formula is C12H24O. The lowest BCUT2D eigenvalue weighted by Gasteiger charge is -2.25. The smallest absolute Gasteiger partial charge is 0.0596 e. The van der Waals surface area contributed by atoms with Crippen LogP contribution >= 0.6 is 0 Å². The summed E-state index contributed by atoms with van der Waals surface area (Å²) in [6.07, 6.45) is 7.21. The van der Waals surface area contributed by atoms with Crippen LogP contribution in [0.15, 0.2) is 12.2 Å². The largest absolute Gasteiger partial charge is 0.393 e.